The summed E-state index contributed by atoms with van der Waals surface area (Å²) in [6.45, 7) is 35.7. The van der Waals surface area contributed by atoms with Gasteiger partial charge in [0.1, 0.15) is 0 Å². The SMILES string of the molecule is CC(C)(C)c1cc(-c2c3c(c(-c4cc(C(C)(C)C)cc(C(C)(C)C)c4)c4ccc(C(C)(C)C)cc24)-c2ccc4c5c2C3=CCC5c2c-4c(-c3ccccc3)c3ccccc3c2-c2ccccc2)cc(C(C)(C)C)c1. The molecule has 0 spiro atoms. The Hall–Kier alpha value is -6.76. The first-order chi connectivity index (χ1) is 34.9. The maximum Gasteiger partial charge on any atom is 0.0149 e. The van der Waals surface area contributed by atoms with E-state index < -0.39 is 0 Å². The molecule has 0 amide bonds. The average Bonchev–Trinajstić information content (AvgIpc) is 3.91. The van der Waals surface area contributed by atoms with E-state index in [0.29, 0.717) is 0 Å². The summed E-state index contributed by atoms with van der Waals surface area (Å²) in [6, 6.07) is 59.6. The van der Waals surface area contributed by atoms with Crippen molar-refractivity contribution in [3.63, 3.8) is 0 Å². The summed E-state index contributed by atoms with van der Waals surface area (Å²) < 4.78 is 0. The van der Waals surface area contributed by atoms with Gasteiger partial charge in [-0.15, -0.1) is 0 Å². The molecule has 74 heavy (non-hydrogen) atoms. The normalized spacial score (nSPS) is 15.1. The Bertz CT molecular complexity index is 3770. The lowest BCUT2D eigenvalue weighted by Gasteiger charge is -2.29. The summed E-state index contributed by atoms with van der Waals surface area (Å²) in [5, 5.41) is 5.31. The second-order valence-electron chi connectivity index (χ2n) is 27.3. The predicted octanol–water partition coefficient (Wildman–Crippen LogP) is 21.1. The van der Waals surface area contributed by atoms with Crippen LogP contribution in [-0.2, 0) is 27.1 Å². The molecule has 3 aliphatic carbocycles. The molecule has 1 atom stereocenters. The lowest BCUT2D eigenvalue weighted by Crippen LogP contribution is -2.17. The Kier molecular flexibility index (Phi) is 10.7. The van der Waals surface area contributed by atoms with E-state index in [1.54, 1.807) is 0 Å². The van der Waals surface area contributed by atoms with Gasteiger partial charge in [0.15, 0.2) is 0 Å². The first-order valence-corrected chi connectivity index (χ1v) is 27.4. The number of hydrogen-bond donors (Lipinski definition) is 0. The average molecular weight is 963 g/mol. The highest BCUT2D eigenvalue weighted by Gasteiger charge is 2.44. The first-order valence-electron chi connectivity index (χ1n) is 27.4. The van der Waals surface area contributed by atoms with Gasteiger partial charge in [0.25, 0.3) is 0 Å². The zero-order chi connectivity index (χ0) is 52.2. The molecular formula is C74H74. The molecule has 9 aromatic rings. The second-order valence-corrected chi connectivity index (χ2v) is 27.3. The van der Waals surface area contributed by atoms with Gasteiger partial charge in [-0.05, 0) is 184 Å². The summed E-state index contributed by atoms with van der Waals surface area (Å²) in [6.07, 6.45) is 3.61. The van der Waals surface area contributed by atoms with Crippen molar-refractivity contribution in [3.8, 4) is 66.8 Å². The largest absolute Gasteiger partial charge is 0.0750 e. The Morgan fingerprint density at radius 2 is 0.703 bits per heavy atom. The highest BCUT2D eigenvalue weighted by atomic mass is 14.5. The molecule has 1 unspecified atom stereocenters. The molecule has 9 aromatic carbocycles. The van der Waals surface area contributed by atoms with Gasteiger partial charge in [0, 0.05) is 5.92 Å². The van der Waals surface area contributed by atoms with Gasteiger partial charge in [-0.25, -0.2) is 0 Å². The second kappa shape index (κ2) is 16.4. The first kappa shape index (κ1) is 48.2. The molecule has 0 fully saturated rings. The number of fused-ring (bicyclic) bond motifs is 8. The molecule has 0 saturated heterocycles. The molecule has 0 heterocycles. The van der Waals surface area contributed by atoms with Crippen LogP contribution in [0.1, 0.15) is 166 Å². The predicted molar refractivity (Wildman–Crippen MR) is 321 cm³/mol. The van der Waals surface area contributed by atoms with E-state index in [0.717, 1.165) is 6.42 Å². The van der Waals surface area contributed by atoms with Gasteiger partial charge >= 0.3 is 0 Å². The van der Waals surface area contributed by atoms with Crippen LogP contribution in [0.15, 0.2) is 158 Å². The monoisotopic (exact) mass is 963 g/mol. The van der Waals surface area contributed by atoms with Crippen molar-refractivity contribution in [2.75, 3.05) is 0 Å². The summed E-state index contributed by atoms with van der Waals surface area (Å²) in [5.74, 6) is 0.192. The Balaban J connectivity index is 1.27. The van der Waals surface area contributed by atoms with Crippen LogP contribution in [-0.4, -0.2) is 0 Å². The highest BCUT2D eigenvalue weighted by molar-refractivity contribution is 6.24. The number of hydrogen-bond acceptors (Lipinski definition) is 0. The number of allylic oxidation sites excluding steroid dienone is 1. The lowest BCUT2D eigenvalue weighted by molar-refractivity contribution is 0.568. The van der Waals surface area contributed by atoms with Gasteiger partial charge in [-0.3, -0.25) is 0 Å². The maximum absolute atomic E-state index is 2.69. The molecule has 0 heteroatoms. The number of rotatable bonds is 4. The molecule has 0 bridgehead atoms. The van der Waals surface area contributed by atoms with Crippen molar-refractivity contribution in [2.45, 2.75) is 143 Å². The van der Waals surface area contributed by atoms with Crippen LogP contribution in [0, 0.1) is 0 Å². The maximum atomic E-state index is 2.69. The van der Waals surface area contributed by atoms with Crippen LogP contribution in [0.5, 0.6) is 0 Å². The van der Waals surface area contributed by atoms with E-state index in [2.05, 4.69) is 262 Å². The molecule has 12 rings (SSSR count). The molecule has 0 saturated carbocycles. The van der Waals surface area contributed by atoms with Crippen molar-refractivity contribution >= 4 is 27.1 Å². The lowest BCUT2D eigenvalue weighted by atomic mass is 9.74. The molecule has 0 aromatic heterocycles. The van der Waals surface area contributed by atoms with Gasteiger partial charge < -0.3 is 0 Å². The van der Waals surface area contributed by atoms with Crippen LogP contribution in [0.4, 0.5) is 0 Å². The van der Waals surface area contributed by atoms with Gasteiger partial charge in [-0.1, -0.05) is 256 Å². The van der Waals surface area contributed by atoms with E-state index >= 15 is 0 Å². The fourth-order valence-corrected chi connectivity index (χ4v) is 12.9. The highest BCUT2D eigenvalue weighted by Crippen LogP contribution is 2.66. The third kappa shape index (κ3) is 7.52. The van der Waals surface area contributed by atoms with Crippen LogP contribution in [0.3, 0.4) is 0 Å². The molecule has 3 aliphatic rings. The van der Waals surface area contributed by atoms with Crippen LogP contribution >= 0.6 is 0 Å². The van der Waals surface area contributed by atoms with E-state index in [4.69, 9.17) is 0 Å². The minimum Gasteiger partial charge on any atom is -0.0750 e. The van der Waals surface area contributed by atoms with E-state index in [1.807, 2.05) is 0 Å². The zero-order valence-corrected chi connectivity index (χ0v) is 46.8. The van der Waals surface area contributed by atoms with Crippen molar-refractivity contribution in [1.29, 1.82) is 0 Å². The molecule has 370 valence electrons. The third-order valence-electron chi connectivity index (χ3n) is 17.0. The van der Waals surface area contributed by atoms with Crippen molar-refractivity contribution < 1.29 is 0 Å². The van der Waals surface area contributed by atoms with E-state index in [1.165, 1.54) is 144 Å². The summed E-state index contributed by atoms with van der Waals surface area (Å²) >= 11 is 0. The van der Waals surface area contributed by atoms with Crippen molar-refractivity contribution in [3.05, 3.63) is 208 Å². The van der Waals surface area contributed by atoms with Crippen molar-refractivity contribution in [2.24, 2.45) is 0 Å². The number of benzene rings is 9. The Morgan fingerprint density at radius 3 is 1.20 bits per heavy atom. The van der Waals surface area contributed by atoms with E-state index in [-0.39, 0.29) is 33.0 Å². The molecular weight excluding hydrogens is 889 g/mol. The minimum atomic E-state index is -0.0522. The standard InChI is InChI=1S/C74H74/c1-70(2,3)47-30-31-54-59(42-47)63(46-38-50(73(10,11)12)41-51(39-46)74(13,14)15)69-58-35-33-56-64-55(32-34-57(65(58)64)68(69)62(54)45-36-48(71(4,5)6)40-49(37-45)72(7,8)9)66-60(43-24-18-16-19-25-43)52-28-22-23-29-53(52)61(67(56)66)44-26-20-17-21-27-44/h16-32,34-42,56H,33H2,1-15H3. The Morgan fingerprint density at radius 1 is 0.284 bits per heavy atom. The van der Waals surface area contributed by atoms with Gasteiger partial charge in [0.2, 0.25) is 0 Å². The minimum absolute atomic E-state index is 0.0484. The van der Waals surface area contributed by atoms with Crippen LogP contribution in [0.25, 0.3) is 93.9 Å². The smallest absolute Gasteiger partial charge is 0.0149 e. The fraction of sp³-hybridized carbons (Fsp3) is 0.297. The topological polar surface area (TPSA) is 0 Å². The Labute approximate surface area is 442 Å². The van der Waals surface area contributed by atoms with Gasteiger partial charge in [0.05, 0.1) is 0 Å². The zero-order valence-electron chi connectivity index (χ0n) is 46.8. The van der Waals surface area contributed by atoms with Crippen LogP contribution in [0.2, 0.25) is 0 Å². The molecule has 0 N–H and O–H groups in total. The van der Waals surface area contributed by atoms with Crippen LogP contribution < -0.4 is 0 Å². The molecule has 0 radical (unpaired) electrons. The fourth-order valence-electron chi connectivity index (χ4n) is 12.9. The molecule has 0 nitrogen and oxygen atoms in total. The summed E-state index contributed by atoms with van der Waals surface area (Å²) in [5.41, 5.74) is 30.0. The molecule has 0 aliphatic heterocycles. The third-order valence-corrected chi connectivity index (χ3v) is 17.0. The quantitative estimate of drug-likeness (QED) is 0.165. The summed E-state index contributed by atoms with van der Waals surface area (Å²) in [4.78, 5) is 0. The van der Waals surface area contributed by atoms with Gasteiger partial charge in [-0.2, -0.15) is 0 Å². The van der Waals surface area contributed by atoms with E-state index in [9.17, 15) is 0 Å². The van der Waals surface area contributed by atoms with Crippen molar-refractivity contribution in [1.82, 2.24) is 0 Å². The summed E-state index contributed by atoms with van der Waals surface area (Å²) in [7, 11) is 0.